The Bertz CT molecular complexity index is 1140. The Labute approximate surface area is 183 Å². The molecule has 0 saturated carbocycles. The number of Topliss-reactive ketones (excluding diaryl/α,β-unsaturated/α-hetero) is 2. The number of carbonyl (C=O) groups excluding carboxylic acids is 3. The summed E-state index contributed by atoms with van der Waals surface area (Å²) in [4.78, 5) is 41.9. The van der Waals surface area contributed by atoms with Crippen LogP contribution in [0.15, 0.2) is 59.2 Å². The maximum absolute atomic E-state index is 12.8. The van der Waals surface area contributed by atoms with Gasteiger partial charge in [-0.25, -0.2) is 4.98 Å². The number of nitrogens with zero attached hydrogens (tertiary/aromatic N) is 1. The van der Waals surface area contributed by atoms with Crippen LogP contribution in [-0.2, 0) is 25.5 Å². The fourth-order valence-electron chi connectivity index (χ4n) is 3.13. The number of anilines is 1. The van der Waals surface area contributed by atoms with Crippen molar-refractivity contribution < 1.29 is 29.0 Å². The minimum Gasteiger partial charge on any atom is -0.507 e. The van der Waals surface area contributed by atoms with Gasteiger partial charge in [0.25, 0.3) is 5.91 Å². The highest BCUT2D eigenvalue weighted by Crippen LogP contribution is 2.29. The van der Waals surface area contributed by atoms with Crippen LogP contribution in [0.2, 0.25) is 5.15 Å². The molecule has 0 spiro atoms. The fraction of sp³-hybridized carbons (Fsp3) is 0.182. The monoisotopic (exact) mass is 442 g/mol. The molecule has 0 atom stereocenters. The summed E-state index contributed by atoms with van der Waals surface area (Å²) in [5.41, 5.74) is 1.40. The Morgan fingerprint density at radius 1 is 1.10 bits per heavy atom. The third-order valence-electron chi connectivity index (χ3n) is 4.77. The highest BCUT2D eigenvalue weighted by atomic mass is 35.5. The van der Waals surface area contributed by atoms with E-state index in [4.69, 9.17) is 21.1 Å². The number of phenols is 1. The van der Waals surface area contributed by atoms with Crippen LogP contribution in [-0.4, -0.2) is 41.8 Å². The van der Waals surface area contributed by atoms with E-state index in [2.05, 4.69) is 10.3 Å². The highest BCUT2D eigenvalue weighted by molar-refractivity contribution is 6.29. The van der Waals surface area contributed by atoms with E-state index in [1.807, 2.05) is 0 Å². The zero-order chi connectivity index (χ0) is 22.7. The van der Waals surface area contributed by atoms with E-state index in [9.17, 15) is 19.5 Å². The molecule has 1 aromatic carbocycles. The number of halogens is 1. The molecular formula is C22H19ClN2O6. The Morgan fingerprint density at radius 2 is 1.77 bits per heavy atom. The molecule has 2 N–H and O–H groups in total. The molecule has 2 aromatic rings. The standard InChI is InChI=1S/C22H19ClN2O6/c1-11-14(19(28)21(31-3)20(30-2)18(11)27)8-12-4-6-16(26)15(9-12)22(29)25-13-5-7-17(23)24-10-13/h4-7,9-10,26H,8H2,1-3H3,(H,25,29). The SMILES string of the molecule is COC1=C(OC)C(=O)C(Cc2ccc(O)c(C(=O)Nc3ccc(Cl)nc3)c2)=C(C)C1=O. The van der Waals surface area contributed by atoms with Crippen LogP contribution in [0.1, 0.15) is 22.8 Å². The van der Waals surface area contributed by atoms with E-state index in [-0.39, 0.29) is 45.6 Å². The summed E-state index contributed by atoms with van der Waals surface area (Å²) < 4.78 is 10.1. The average Bonchev–Trinajstić information content (AvgIpc) is 2.76. The van der Waals surface area contributed by atoms with Crippen molar-refractivity contribution in [3.05, 3.63) is 75.5 Å². The van der Waals surface area contributed by atoms with Gasteiger partial charge in [-0.1, -0.05) is 17.7 Å². The number of allylic oxidation sites excluding steroid dienone is 2. The number of pyridine rings is 1. The Morgan fingerprint density at radius 3 is 2.39 bits per heavy atom. The van der Waals surface area contributed by atoms with Crippen molar-refractivity contribution in [1.29, 1.82) is 0 Å². The number of aromatic hydroxyl groups is 1. The first kappa shape index (κ1) is 22.0. The van der Waals surface area contributed by atoms with Crippen LogP contribution in [0.5, 0.6) is 5.75 Å². The van der Waals surface area contributed by atoms with Crippen LogP contribution in [0.25, 0.3) is 0 Å². The predicted octanol–water partition coefficient (Wildman–Crippen LogP) is 3.21. The lowest BCUT2D eigenvalue weighted by Gasteiger charge is -2.20. The minimum absolute atomic E-state index is 0.000348. The highest BCUT2D eigenvalue weighted by Gasteiger charge is 2.34. The van der Waals surface area contributed by atoms with E-state index in [1.54, 1.807) is 12.1 Å². The number of hydrogen-bond donors (Lipinski definition) is 2. The molecule has 8 nitrogen and oxygen atoms in total. The summed E-state index contributed by atoms with van der Waals surface area (Å²) in [5.74, 6) is -2.03. The molecular weight excluding hydrogens is 424 g/mol. The van der Waals surface area contributed by atoms with Crippen molar-refractivity contribution in [2.24, 2.45) is 0 Å². The molecule has 1 heterocycles. The smallest absolute Gasteiger partial charge is 0.259 e. The molecule has 0 saturated heterocycles. The number of aromatic nitrogens is 1. The van der Waals surface area contributed by atoms with E-state index in [0.29, 0.717) is 11.3 Å². The molecule has 0 unspecified atom stereocenters. The second-order valence-electron chi connectivity index (χ2n) is 6.68. The van der Waals surface area contributed by atoms with Crippen LogP contribution >= 0.6 is 11.6 Å². The second kappa shape index (κ2) is 9.01. The number of ketones is 2. The molecule has 0 aliphatic heterocycles. The maximum Gasteiger partial charge on any atom is 0.259 e. The first-order chi connectivity index (χ1) is 14.8. The van der Waals surface area contributed by atoms with Gasteiger partial charge in [-0.3, -0.25) is 14.4 Å². The fourth-order valence-corrected chi connectivity index (χ4v) is 3.24. The van der Waals surface area contributed by atoms with Gasteiger partial charge in [-0.05, 0) is 36.8 Å². The largest absolute Gasteiger partial charge is 0.507 e. The summed E-state index contributed by atoms with van der Waals surface area (Å²) in [5, 5.41) is 13.0. The zero-order valence-corrected chi connectivity index (χ0v) is 17.7. The number of carbonyl (C=O) groups is 3. The number of benzene rings is 1. The van der Waals surface area contributed by atoms with Crippen LogP contribution in [0.4, 0.5) is 5.69 Å². The lowest BCUT2D eigenvalue weighted by atomic mass is 9.88. The average molecular weight is 443 g/mol. The van der Waals surface area contributed by atoms with Gasteiger partial charge >= 0.3 is 0 Å². The summed E-state index contributed by atoms with van der Waals surface area (Å²) in [6.07, 6.45) is 1.44. The van der Waals surface area contributed by atoms with Gasteiger partial charge in [0.1, 0.15) is 10.9 Å². The molecule has 0 bridgehead atoms. The first-order valence-electron chi connectivity index (χ1n) is 9.13. The molecule has 1 aromatic heterocycles. The van der Waals surface area contributed by atoms with Crippen LogP contribution in [0.3, 0.4) is 0 Å². The predicted molar refractivity (Wildman–Crippen MR) is 113 cm³/mol. The molecule has 9 heteroatoms. The number of nitrogens with one attached hydrogen (secondary N) is 1. The lowest BCUT2D eigenvalue weighted by molar-refractivity contribution is -0.121. The van der Waals surface area contributed by atoms with Gasteiger partial charge in [-0.15, -0.1) is 0 Å². The summed E-state index contributed by atoms with van der Waals surface area (Å²) >= 11 is 5.74. The number of amides is 1. The minimum atomic E-state index is -0.570. The number of hydrogen-bond acceptors (Lipinski definition) is 7. The third-order valence-corrected chi connectivity index (χ3v) is 4.99. The number of rotatable bonds is 6. The van der Waals surface area contributed by atoms with E-state index < -0.39 is 17.5 Å². The quantitative estimate of drug-likeness (QED) is 0.521. The topological polar surface area (TPSA) is 115 Å². The van der Waals surface area contributed by atoms with Crippen molar-refractivity contribution in [3.8, 4) is 5.75 Å². The normalized spacial score (nSPS) is 14.1. The molecule has 1 aliphatic carbocycles. The van der Waals surface area contributed by atoms with Crippen LogP contribution < -0.4 is 5.32 Å². The van der Waals surface area contributed by atoms with Gasteiger partial charge in [0.2, 0.25) is 23.1 Å². The molecule has 0 fully saturated rings. The molecule has 1 amide bonds. The van der Waals surface area contributed by atoms with E-state index >= 15 is 0 Å². The van der Waals surface area contributed by atoms with Crippen LogP contribution in [0, 0.1) is 0 Å². The maximum atomic E-state index is 12.8. The van der Waals surface area contributed by atoms with Crippen molar-refractivity contribution in [2.75, 3.05) is 19.5 Å². The van der Waals surface area contributed by atoms with Gasteiger partial charge in [0.15, 0.2) is 0 Å². The summed E-state index contributed by atoms with van der Waals surface area (Å²) in [6.45, 7) is 1.53. The number of phenolic OH excluding ortho intramolecular Hbond substituents is 1. The number of methoxy groups -OCH3 is 2. The van der Waals surface area contributed by atoms with Gasteiger partial charge in [-0.2, -0.15) is 0 Å². The zero-order valence-electron chi connectivity index (χ0n) is 17.0. The van der Waals surface area contributed by atoms with Crippen molar-refractivity contribution in [2.45, 2.75) is 13.3 Å². The van der Waals surface area contributed by atoms with Gasteiger partial charge in [0.05, 0.1) is 31.7 Å². The van der Waals surface area contributed by atoms with Crippen molar-refractivity contribution in [1.82, 2.24) is 4.98 Å². The Balaban J connectivity index is 1.89. The second-order valence-corrected chi connectivity index (χ2v) is 7.07. The molecule has 1 aliphatic rings. The summed E-state index contributed by atoms with van der Waals surface area (Å²) in [6, 6.07) is 7.46. The molecule has 31 heavy (non-hydrogen) atoms. The van der Waals surface area contributed by atoms with E-state index in [0.717, 1.165) is 0 Å². The third kappa shape index (κ3) is 4.44. The molecule has 0 radical (unpaired) electrons. The van der Waals surface area contributed by atoms with Gasteiger partial charge < -0.3 is 19.9 Å². The first-order valence-corrected chi connectivity index (χ1v) is 9.50. The number of ether oxygens (including phenoxy) is 2. The molecule has 3 rings (SSSR count). The Hall–Kier alpha value is -3.65. The lowest BCUT2D eigenvalue weighted by Crippen LogP contribution is -2.26. The summed E-state index contributed by atoms with van der Waals surface area (Å²) in [7, 11) is 2.57. The van der Waals surface area contributed by atoms with Crippen molar-refractivity contribution in [3.63, 3.8) is 0 Å². The van der Waals surface area contributed by atoms with Gasteiger partial charge in [0, 0.05) is 17.6 Å². The molecule has 160 valence electrons. The Kier molecular flexibility index (Phi) is 6.41. The van der Waals surface area contributed by atoms with Crippen molar-refractivity contribution >= 4 is 34.8 Å². The van der Waals surface area contributed by atoms with E-state index in [1.165, 1.54) is 45.5 Å².